The Morgan fingerprint density at radius 2 is 1.81 bits per heavy atom. The van der Waals surface area contributed by atoms with Gasteiger partial charge in [-0.05, 0) is 63.2 Å². The third-order valence-corrected chi connectivity index (χ3v) is 5.10. The maximum absolute atomic E-state index is 12.3. The molecular formula is C14H23N3O2S2. The van der Waals surface area contributed by atoms with Gasteiger partial charge in [-0.1, -0.05) is 0 Å². The Morgan fingerprint density at radius 3 is 2.29 bits per heavy atom. The van der Waals surface area contributed by atoms with Crippen molar-refractivity contribution < 1.29 is 8.42 Å². The number of rotatable bonds is 4. The lowest BCUT2D eigenvalue weighted by Crippen LogP contribution is -2.34. The number of hydrogen-bond donors (Lipinski definition) is 2. The van der Waals surface area contributed by atoms with Crippen molar-refractivity contribution in [3.63, 3.8) is 0 Å². The Labute approximate surface area is 132 Å². The lowest BCUT2D eigenvalue weighted by Gasteiger charge is -2.18. The summed E-state index contributed by atoms with van der Waals surface area (Å²) < 4.78 is 25.7. The fourth-order valence-electron chi connectivity index (χ4n) is 1.74. The molecular weight excluding hydrogens is 306 g/mol. The molecule has 1 rings (SSSR count). The van der Waals surface area contributed by atoms with Gasteiger partial charge in [-0.25, -0.2) is 12.7 Å². The van der Waals surface area contributed by atoms with E-state index >= 15 is 0 Å². The van der Waals surface area contributed by atoms with E-state index in [-0.39, 0.29) is 10.9 Å². The van der Waals surface area contributed by atoms with E-state index in [1.165, 1.54) is 18.4 Å². The van der Waals surface area contributed by atoms with Gasteiger partial charge in [0.25, 0.3) is 0 Å². The summed E-state index contributed by atoms with van der Waals surface area (Å²) in [6.45, 7) is 7.79. The fraction of sp³-hybridized carbons (Fsp3) is 0.500. The van der Waals surface area contributed by atoms with Crippen LogP contribution in [-0.4, -0.2) is 38.0 Å². The summed E-state index contributed by atoms with van der Waals surface area (Å²) in [5, 5.41) is 6.63. The van der Waals surface area contributed by atoms with Crippen LogP contribution in [0.1, 0.15) is 25.0 Å². The number of nitrogens with one attached hydrogen (secondary N) is 2. The van der Waals surface area contributed by atoms with Gasteiger partial charge < -0.3 is 10.6 Å². The van der Waals surface area contributed by atoms with Gasteiger partial charge in [0.15, 0.2) is 5.11 Å². The number of aryl methyl sites for hydroxylation is 1. The summed E-state index contributed by atoms with van der Waals surface area (Å²) in [6, 6.07) is 3.50. The number of thiocarbonyl (C=S) groups is 1. The zero-order valence-corrected chi connectivity index (χ0v) is 14.9. The molecule has 0 heterocycles. The largest absolute Gasteiger partial charge is 0.360 e. The van der Waals surface area contributed by atoms with Gasteiger partial charge in [0, 0.05) is 25.8 Å². The van der Waals surface area contributed by atoms with Crippen LogP contribution in [0.4, 0.5) is 5.69 Å². The molecule has 0 aliphatic carbocycles. The van der Waals surface area contributed by atoms with Crippen LogP contribution in [0.2, 0.25) is 0 Å². The lowest BCUT2D eigenvalue weighted by molar-refractivity contribution is 0.520. The highest BCUT2D eigenvalue weighted by atomic mass is 32.2. The molecule has 118 valence electrons. The Bertz CT molecular complexity index is 638. The van der Waals surface area contributed by atoms with Crippen LogP contribution in [0, 0.1) is 13.8 Å². The highest BCUT2D eigenvalue weighted by Crippen LogP contribution is 2.25. The Hall–Kier alpha value is -1.18. The van der Waals surface area contributed by atoms with Gasteiger partial charge >= 0.3 is 0 Å². The zero-order chi connectivity index (χ0) is 16.4. The van der Waals surface area contributed by atoms with Crippen molar-refractivity contribution in [1.29, 1.82) is 0 Å². The first kappa shape index (κ1) is 17.9. The first-order valence-electron chi connectivity index (χ1n) is 6.67. The zero-order valence-electron chi connectivity index (χ0n) is 13.3. The average Bonchev–Trinajstić information content (AvgIpc) is 2.33. The third kappa shape index (κ3) is 4.39. The molecule has 5 nitrogen and oxygen atoms in total. The van der Waals surface area contributed by atoms with Crippen LogP contribution in [-0.2, 0) is 10.0 Å². The van der Waals surface area contributed by atoms with Crippen LogP contribution < -0.4 is 10.6 Å². The number of hydrogen-bond acceptors (Lipinski definition) is 3. The second kappa shape index (κ2) is 6.72. The maximum atomic E-state index is 12.3. The van der Waals surface area contributed by atoms with Crippen LogP contribution >= 0.6 is 12.2 Å². The molecule has 0 radical (unpaired) electrons. The van der Waals surface area contributed by atoms with E-state index < -0.39 is 10.0 Å². The van der Waals surface area contributed by atoms with Crippen LogP contribution in [0.15, 0.2) is 17.0 Å². The topological polar surface area (TPSA) is 61.4 Å². The lowest BCUT2D eigenvalue weighted by atomic mass is 10.1. The maximum Gasteiger partial charge on any atom is 0.242 e. The van der Waals surface area contributed by atoms with E-state index in [0.717, 1.165) is 11.1 Å². The average molecular weight is 329 g/mol. The molecule has 2 N–H and O–H groups in total. The van der Waals surface area contributed by atoms with E-state index in [0.29, 0.717) is 10.8 Å². The van der Waals surface area contributed by atoms with E-state index in [4.69, 9.17) is 12.2 Å². The second-order valence-corrected chi connectivity index (χ2v) is 8.01. The molecule has 0 unspecified atom stereocenters. The minimum Gasteiger partial charge on any atom is -0.360 e. The summed E-state index contributed by atoms with van der Waals surface area (Å²) in [6.07, 6.45) is 0. The van der Waals surface area contributed by atoms with Crippen LogP contribution in [0.5, 0.6) is 0 Å². The molecule has 0 spiro atoms. The molecule has 21 heavy (non-hydrogen) atoms. The molecule has 0 saturated carbocycles. The first-order valence-corrected chi connectivity index (χ1v) is 8.51. The minimum atomic E-state index is -3.47. The summed E-state index contributed by atoms with van der Waals surface area (Å²) in [4.78, 5) is 0.255. The standard InChI is InChI=1S/C14H23N3O2S2/c1-9(2)15-14(20)16-13-8-12(7-10(3)11(13)4)21(18,19)17(5)6/h7-9H,1-6H3,(H2,15,16,20). The number of nitrogens with zero attached hydrogens (tertiary/aromatic N) is 1. The number of anilines is 1. The van der Waals surface area contributed by atoms with Crippen molar-refractivity contribution in [2.75, 3.05) is 19.4 Å². The summed E-state index contributed by atoms with van der Waals surface area (Å²) >= 11 is 5.22. The van der Waals surface area contributed by atoms with Gasteiger partial charge in [-0.3, -0.25) is 0 Å². The van der Waals surface area contributed by atoms with Crippen molar-refractivity contribution in [2.45, 2.75) is 38.6 Å². The van der Waals surface area contributed by atoms with Crippen LogP contribution in [0.25, 0.3) is 0 Å². The third-order valence-electron chi connectivity index (χ3n) is 3.09. The summed E-state index contributed by atoms with van der Waals surface area (Å²) in [5.74, 6) is 0. The van der Waals surface area contributed by atoms with Gasteiger partial charge in [0.2, 0.25) is 10.0 Å². The second-order valence-electron chi connectivity index (χ2n) is 5.45. The molecule has 0 bridgehead atoms. The van der Waals surface area contributed by atoms with E-state index in [9.17, 15) is 8.42 Å². The molecule has 7 heteroatoms. The molecule has 0 aliphatic rings. The van der Waals surface area contributed by atoms with Crippen molar-refractivity contribution in [3.8, 4) is 0 Å². The quantitative estimate of drug-likeness (QED) is 0.830. The van der Waals surface area contributed by atoms with E-state index in [2.05, 4.69) is 10.6 Å². The smallest absolute Gasteiger partial charge is 0.242 e. The molecule has 1 aromatic rings. The Morgan fingerprint density at radius 1 is 1.24 bits per heavy atom. The van der Waals surface area contributed by atoms with Crippen molar-refractivity contribution >= 4 is 33.0 Å². The van der Waals surface area contributed by atoms with Gasteiger partial charge in [-0.15, -0.1) is 0 Å². The Kier molecular flexibility index (Phi) is 5.72. The predicted molar refractivity (Wildman–Crippen MR) is 91.3 cm³/mol. The summed E-state index contributed by atoms with van der Waals surface area (Å²) in [7, 11) is -0.435. The molecule has 0 saturated heterocycles. The monoisotopic (exact) mass is 329 g/mol. The first-order chi connectivity index (χ1) is 9.55. The number of benzene rings is 1. The van der Waals surface area contributed by atoms with Gasteiger partial charge in [0.05, 0.1) is 4.90 Å². The van der Waals surface area contributed by atoms with Gasteiger partial charge in [-0.2, -0.15) is 0 Å². The van der Waals surface area contributed by atoms with Crippen molar-refractivity contribution in [3.05, 3.63) is 23.3 Å². The SMILES string of the molecule is Cc1cc(S(=O)(=O)N(C)C)cc(NC(=S)NC(C)C)c1C. The van der Waals surface area contributed by atoms with E-state index in [1.807, 2.05) is 27.7 Å². The molecule has 0 aliphatic heterocycles. The molecule has 1 aromatic carbocycles. The van der Waals surface area contributed by atoms with Crippen molar-refractivity contribution in [1.82, 2.24) is 9.62 Å². The molecule has 0 aromatic heterocycles. The minimum absolute atomic E-state index is 0.208. The van der Waals surface area contributed by atoms with Crippen molar-refractivity contribution in [2.24, 2.45) is 0 Å². The summed E-state index contributed by atoms with van der Waals surface area (Å²) in [5.41, 5.74) is 2.57. The Balaban J connectivity index is 3.22. The highest BCUT2D eigenvalue weighted by molar-refractivity contribution is 7.89. The van der Waals surface area contributed by atoms with Crippen LogP contribution in [0.3, 0.4) is 0 Å². The van der Waals surface area contributed by atoms with E-state index in [1.54, 1.807) is 12.1 Å². The van der Waals surface area contributed by atoms with Gasteiger partial charge in [0.1, 0.15) is 0 Å². The highest BCUT2D eigenvalue weighted by Gasteiger charge is 2.19. The normalized spacial score (nSPS) is 11.8. The predicted octanol–water partition coefficient (Wildman–Crippen LogP) is 2.25. The molecule has 0 fully saturated rings. The molecule has 0 amide bonds. The number of sulfonamides is 1. The molecule has 0 atom stereocenters. The fourth-order valence-corrected chi connectivity index (χ4v) is 3.10.